The average molecular weight is 287 g/mol. The molecule has 18 heavy (non-hydrogen) atoms. The van der Waals surface area contributed by atoms with Crippen molar-refractivity contribution in [3.8, 4) is 0 Å². The van der Waals surface area contributed by atoms with Crippen molar-refractivity contribution in [2.45, 2.75) is 25.3 Å². The third kappa shape index (κ3) is 3.87. The topological polar surface area (TPSA) is 41.1 Å². The van der Waals surface area contributed by atoms with Gasteiger partial charge in [0.15, 0.2) is 0 Å². The monoisotopic (exact) mass is 286 g/mol. The largest absolute Gasteiger partial charge is 0.352 e. The highest BCUT2D eigenvalue weighted by Gasteiger charge is 2.14. The SMILES string of the molecule is O=C(NCC[C@H]1CCCN1)c1cc(Cl)cc(Cl)c1. The number of benzene rings is 1. The van der Waals surface area contributed by atoms with Gasteiger partial charge in [0, 0.05) is 28.2 Å². The normalized spacial score (nSPS) is 18.9. The summed E-state index contributed by atoms with van der Waals surface area (Å²) in [6.45, 7) is 1.75. The second-order valence-electron chi connectivity index (χ2n) is 4.50. The van der Waals surface area contributed by atoms with Crippen LogP contribution in [-0.4, -0.2) is 25.0 Å². The number of halogens is 2. The summed E-state index contributed by atoms with van der Waals surface area (Å²) in [4.78, 5) is 11.9. The molecule has 0 bridgehead atoms. The van der Waals surface area contributed by atoms with Gasteiger partial charge in [0.2, 0.25) is 0 Å². The van der Waals surface area contributed by atoms with Gasteiger partial charge < -0.3 is 10.6 Å². The molecule has 1 aromatic rings. The molecule has 0 aliphatic carbocycles. The number of hydrogen-bond donors (Lipinski definition) is 2. The van der Waals surface area contributed by atoms with Gasteiger partial charge in [-0.15, -0.1) is 0 Å². The van der Waals surface area contributed by atoms with Gasteiger partial charge in [0.05, 0.1) is 0 Å². The van der Waals surface area contributed by atoms with E-state index in [4.69, 9.17) is 23.2 Å². The smallest absolute Gasteiger partial charge is 0.251 e. The van der Waals surface area contributed by atoms with Gasteiger partial charge in [-0.1, -0.05) is 23.2 Å². The van der Waals surface area contributed by atoms with Crippen LogP contribution in [0.1, 0.15) is 29.6 Å². The van der Waals surface area contributed by atoms with Crippen LogP contribution >= 0.6 is 23.2 Å². The molecule has 98 valence electrons. The minimum absolute atomic E-state index is 0.127. The van der Waals surface area contributed by atoms with E-state index >= 15 is 0 Å². The van der Waals surface area contributed by atoms with E-state index in [0.717, 1.165) is 13.0 Å². The molecule has 1 saturated heterocycles. The van der Waals surface area contributed by atoms with Crippen LogP contribution in [0.4, 0.5) is 0 Å². The fourth-order valence-electron chi connectivity index (χ4n) is 2.15. The summed E-state index contributed by atoms with van der Waals surface area (Å²) in [5.74, 6) is -0.127. The van der Waals surface area contributed by atoms with Gasteiger partial charge in [-0.25, -0.2) is 0 Å². The summed E-state index contributed by atoms with van der Waals surface area (Å²) in [7, 11) is 0. The molecule has 1 fully saturated rings. The van der Waals surface area contributed by atoms with Crippen LogP contribution in [0.5, 0.6) is 0 Å². The minimum Gasteiger partial charge on any atom is -0.352 e. The first kappa shape index (κ1) is 13.7. The van der Waals surface area contributed by atoms with E-state index in [-0.39, 0.29) is 5.91 Å². The fourth-order valence-corrected chi connectivity index (χ4v) is 2.68. The van der Waals surface area contributed by atoms with Crippen LogP contribution in [0.3, 0.4) is 0 Å². The lowest BCUT2D eigenvalue weighted by Crippen LogP contribution is -2.30. The standard InChI is InChI=1S/C13H16Cl2N2O/c14-10-6-9(7-11(15)8-10)13(18)17-5-3-12-2-1-4-16-12/h6-8,12,16H,1-5H2,(H,17,18)/t12-/m1/s1. The zero-order chi connectivity index (χ0) is 13.0. The first-order valence-electron chi connectivity index (χ1n) is 6.13. The van der Waals surface area contributed by atoms with Crippen molar-refractivity contribution in [3.63, 3.8) is 0 Å². The quantitative estimate of drug-likeness (QED) is 0.894. The molecule has 0 aromatic heterocycles. The molecule has 1 heterocycles. The van der Waals surface area contributed by atoms with Crippen molar-refractivity contribution >= 4 is 29.1 Å². The molecule has 1 aliphatic rings. The summed E-state index contributed by atoms with van der Waals surface area (Å²) < 4.78 is 0. The molecule has 0 saturated carbocycles. The van der Waals surface area contributed by atoms with Crippen LogP contribution in [-0.2, 0) is 0 Å². The number of nitrogens with one attached hydrogen (secondary N) is 2. The Kier molecular flexibility index (Phi) is 4.87. The second kappa shape index (κ2) is 6.41. The first-order valence-corrected chi connectivity index (χ1v) is 6.88. The van der Waals surface area contributed by atoms with Crippen LogP contribution in [0.15, 0.2) is 18.2 Å². The van der Waals surface area contributed by atoms with Gasteiger partial charge in [0.25, 0.3) is 5.91 Å². The predicted octanol–water partition coefficient (Wildman–Crippen LogP) is 2.87. The maximum Gasteiger partial charge on any atom is 0.251 e. The van der Waals surface area contributed by atoms with Crippen LogP contribution in [0.2, 0.25) is 10.0 Å². The van der Waals surface area contributed by atoms with Crippen molar-refractivity contribution in [3.05, 3.63) is 33.8 Å². The number of rotatable bonds is 4. The van der Waals surface area contributed by atoms with Crippen molar-refractivity contribution < 1.29 is 4.79 Å². The van der Waals surface area contributed by atoms with Gasteiger partial charge >= 0.3 is 0 Å². The molecular formula is C13H16Cl2N2O. The van der Waals surface area contributed by atoms with E-state index in [1.165, 1.54) is 12.8 Å². The van der Waals surface area contributed by atoms with Crippen molar-refractivity contribution in [1.82, 2.24) is 10.6 Å². The Morgan fingerprint density at radius 3 is 2.67 bits per heavy atom. The first-order chi connectivity index (χ1) is 8.65. The Balaban J connectivity index is 1.83. The van der Waals surface area contributed by atoms with Gasteiger partial charge in [-0.05, 0) is 44.0 Å². The lowest BCUT2D eigenvalue weighted by atomic mass is 10.1. The van der Waals surface area contributed by atoms with E-state index < -0.39 is 0 Å². The van der Waals surface area contributed by atoms with Gasteiger partial charge in [0.1, 0.15) is 0 Å². The van der Waals surface area contributed by atoms with Crippen LogP contribution in [0, 0.1) is 0 Å². The molecule has 3 nitrogen and oxygen atoms in total. The number of carbonyl (C=O) groups excluding carboxylic acids is 1. The molecule has 1 aromatic carbocycles. The van der Waals surface area contributed by atoms with Crippen LogP contribution < -0.4 is 10.6 Å². The third-order valence-electron chi connectivity index (χ3n) is 3.07. The third-order valence-corrected chi connectivity index (χ3v) is 3.50. The number of carbonyl (C=O) groups is 1. The molecule has 2 rings (SSSR count). The highest BCUT2D eigenvalue weighted by molar-refractivity contribution is 6.35. The molecule has 1 aliphatic heterocycles. The molecule has 1 atom stereocenters. The van der Waals surface area contributed by atoms with E-state index in [9.17, 15) is 4.79 Å². The lowest BCUT2D eigenvalue weighted by Gasteiger charge is -2.11. The fraction of sp³-hybridized carbons (Fsp3) is 0.462. The van der Waals surface area contributed by atoms with Gasteiger partial charge in [-0.2, -0.15) is 0 Å². The average Bonchev–Trinajstić information content (AvgIpc) is 2.80. The Hall–Kier alpha value is -0.770. The zero-order valence-electron chi connectivity index (χ0n) is 10.0. The molecule has 0 unspecified atom stereocenters. The summed E-state index contributed by atoms with van der Waals surface area (Å²) in [5.41, 5.74) is 0.506. The second-order valence-corrected chi connectivity index (χ2v) is 5.37. The Morgan fingerprint density at radius 2 is 2.06 bits per heavy atom. The molecule has 0 spiro atoms. The van der Waals surface area contributed by atoms with Crippen molar-refractivity contribution in [2.75, 3.05) is 13.1 Å². The Morgan fingerprint density at radius 1 is 1.33 bits per heavy atom. The molecule has 2 N–H and O–H groups in total. The lowest BCUT2D eigenvalue weighted by molar-refractivity contribution is 0.0952. The number of hydrogen-bond acceptors (Lipinski definition) is 2. The summed E-state index contributed by atoms with van der Waals surface area (Å²) in [5, 5.41) is 7.23. The Labute approximate surface area is 117 Å². The summed E-state index contributed by atoms with van der Waals surface area (Å²) >= 11 is 11.7. The highest BCUT2D eigenvalue weighted by atomic mass is 35.5. The molecule has 0 radical (unpaired) electrons. The van der Waals surface area contributed by atoms with Crippen molar-refractivity contribution in [1.29, 1.82) is 0 Å². The maximum atomic E-state index is 11.9. The van der Waals surface area contributed by atoms with E-state index in [0.29, 0.717) is 28.2 Å². The molecular weight excluding hydrogens is 271 g/mol. The van der Waals surface area contributed by atoms with E-state index in [2.05, 4.69) is 10.6 Å². The molecule has 1 amide bonds. The minimum atomic E-state index is -0.127. The van der Waals surface area contributed by atoms with E-state index in [1.54, 1.807) is 18.2 Å². The van der Waals surface area contributed by atoms with Crippen molar-refractivity contribution in [2.24, 2.45) is 0 Å². The maximum absolute atomic E-state index is 11.9. The van der Waals surface area contributed by atoms with Crippen LogP contribution in [0.25, 0.3) is 0 Å². The summed E-state index contributed by atoms with van der Waals surface area (Å²) in [6.07, 6.45) is 3.38. The zero-order valence-corrected chi connectivity index (χ0v) is 11.5. The predicted molar refractivity (Wildman–Crippen MR) is 74.4 cm³/mol. The summed E-state index contributed by atoms with van der Waals surface area (Å²) in [6, 6.07) is 5.39. The Bertz CT molecular complexity index is 411. The molecule has 5 heteroatoms. The van der Waals surface area contributed by atoms with E-state index in [1.807, 2.05) is 0 Å². The number of amides is 1. The van der Waals surface area contributed by atoms with Gasteiger partial charge in [-0.3, -0.25) is 4.79 Å². The highest BCUT2D eigenvalue weighted by Crippen LogP contribution is 2.19.